The van der Waals surface area contributed by atoms with Gasteiger partial charge < -0.3 is 5.32 Å². The molecule has 1 fully saturated rings. The zero-order valence-electron chi connectivity index (χ0n) is 13.2. The van der Waals surface area contributed by atoms with E-state index in [1.807, 2.05) is 0 Å². The number of hydrogen-bond donors (Lipinski definition) is 1. The standard InChI is InChI=1S/C17H16Cl2N2O3S/c18-12-3-6-14(7-4-12)25(23,24)17(9-1-2-10-17)16(22)21-15-8-5-13(19)11-20-15/h3-8,11H,1-2,9-10H2,(H,20,21,22). The van der Waals surface area contributed by atoms with E-state index in [2.05, 4.69) is 10.3 Å². The maximum Gasteiger partial charge on any atom is 0.247 e. The molecular formula is C17H16Cl2N2O3S. The number of hydrogen-bond acceptors (Lipinski definition) is 4. The number of rotatable bonds is 4. The molecule has 0 atom stereocenters. The molecule has 0 bridgehead atoms. The molecular weight excluding hydrogens is 383 g/mol. The van der Waals surface area contributed by atoms with Crippen molar-refractivity contribution in [2.75, 3.05) is 5.32 Å². The van der Waals surface area contributed by atoms with E-state index in [0.29, 0.717) is 22.9 Å². The first-order valence-electron chi connectivity index (χ1n) is 7.78. The molecule has 0 aliphatic heterocycles. The van der Waals surface area contributed by atoms with Gasteiger partial charge in [-0.3, -0.25) is 4.79 Å². The minimum Gasteiger partial charge on any atom is -0.309 e. The van der Waals surface area contributed by atoms with Crippen molar-refractivity contribution >= 4 is 44.8 Å². The maximum absolute atomic E-state index is 13.2. The molecule has 25 heavy (non-hydrogen) atoms. The normalized spacial score (nSPS) is 16.6. The highest BCUT2D eigenvalue weighted by Crippen LogP contribution is 2.41. The van der Waals surface area contributed by atoms with Gasteiger partial charge in [-0.2, -0.15) is 0 Å². The summed E-state index contributed by atoms with van der Waals surface area (Å²) < 4.78 is 24.9. The maximum atomic E-state index is 13.2. The lowest BCUT2D eigenvalue weighted by molar-refractivity contribution is -0.118. The molecule has 1 aliphatic rings. The summed E-state index contributed by atoms with van der Waals surface area (Å²) in [7, 11) is -3.87. The summed E-state index contributed by atoms with van der Waals surface area (Å²) in [6, 6.07) is 9.01. The molecule has 1 aliphatic carbocycles. The quantitative estimate of drug-likeness (QED) is 0.840. The van der Waals surface area contributed by atoms with Gasteiger partial charge in [0.2, 0.25) is 5.91 Å². The minimum atomic E-state index is -3.87. The molecule has 8 heteroatoms. The summed E-state index contributed by atoms with van der Waals surface area (Å²) in [5.41, 5.74) is 0. The monoisotopic (exact) mass is 398 g/mol. The first-order chi connectivity index (χ1) is 11.8. The van der Waals surface area contributed by atoms with E-state index in [1.54, 1.807) is 6.07 Å². The van der Waals surface area contributed by atoms with Gasteiger partial charge in [-0.1, -0.05) is 36.0 Å². The fourth-order valence-electron chi connectivity index (χ4n) is 3.08. The van der Waals surface area contributed by atoms with Crippen LogP contribution in [0.1, 0.15) is 25.7 Å². The molecule has 0 unspecified atom stereocenters. The first kappa shape index (κ1) is 18.2. The number of carbonyl (C=O) groups excluding carboxylic acids is 1. The third kappa shape index (κ3) is 3.38. The Bertz CT molecular complexity index is 875. The number of sulfone groups is 1. The van der Waals surface area contributed by atoms with Crippen molar-refractivity contribution in [3.8, 4) is 0 Å². The van der Waals surface area contributed by atoms with E-state index in [-0.39, 0.29) is 23.6 Å². The van der Waals surface area contributed by atoms with E-state index in [9.17, 15) is 13.2 Å². The van der Waals surface area contributed by atoms with Crippen molar-refractivity contribution in [1.29, 1.82) is 0 Å². The van der Waals surface area contributed by atoms with Gasteiger partial charge in [-0.25, -0.2) is 13.4 Å². The molecule has 1 N–H and O–H groups in total. The van der Waals surface area contributed by atoms with Crippen LogP contribution in [0.5, 0.6) is 0 Å². The number of aromatic nitrogens is 1. The van der Waals surface area contributed by atoms with E-state index in [1.165, 1.54) is 36.5 Å². The molecule has 1 heterocycles. The molecule has 1 amide bonds. The third-order valence-electron chi connectivity index (χ3n) is 4.43. The number of nitrogens with one attached hydrogen (secondary N) is 1. The SMILES string of the molecule is O=C(Nc1ccc(Cl)cn1)C1(S(=O)(=O)c2ccc(Cl)cc2)CCCC1. The third-order valence-corrected chi connectivity index (χ3v) is 7.42. The zero-order valence-corrected chi connectivity index (χ0v) is 15.5. The predicted molar refractivity (Wildman–Crippen MR) is 97.7 cm³/mol. The van der Waals surface area contributed by atoms with Crippen LogP contribution < -0.4 is 5.32 Å². The zero-order chi connectivity index (χ0) is 18.1. The fourth-order valence-corrected chi connectivity index (χ4v) is 5.39. The minimum absolute atomic E-state index is 0.0954. The highest BCUT2D eigenvalue weighted by atomic mass is 35.5. The van der Waals surface area contributed by atoms with Gasteiger partial charge in [-0.05, 0) is 49.2 Å². The van der Waals surface area contributed by atoms with Crippen LogP contribution in [0, 0.1) is 0 Å². The smallest absolute Gasteiger partial charge is 0.247 e. The summed E-state index contributed by atoms with van der Waals surface area (Å²) in [5, 5.41) is 3.50. The number of carbonyl (C=O) groups is 1. The Hall–Kier alpha value is -1.63. The molecule has 0 saturated heterocycles. The van der Waals surface area contributed by atoms with Crippen molar-refractivity contribution in [2.24, 2.45) is 0 Å². The summed E-state index contributed by atoms with van der Waals surface area (Å²) >= 11 is 11.6. The highest BCUT2D eigenvalue weighted by molar-refractivity contribution is 7.93. The number of nitrogens with zero attached hydrogens (tertiary/aromatic N) is 1. The molecule has 0 radical (unpaired) electrons. The van der Waals surface area contributed by atoms with Crippen LogP contribution in [-0.4, -0.2) is 24.1 Å². The Labute approximate surface area is 156 Å². The summed E-state index contributed by atoms with van der Waals surface area (Å²) in [5.74, 6) is -0.290. The summed E-state index contributed by atoms with van der Waals surface area (Å²) in [6.07, 6.45) is 3.30. The number of benzene rings is 1. The molecule has 0 spiro atoms. The summed E-state index contributed by atoms with van der Waals surface area (Å²) in [6.45, 7) is 0. The van der Waals surface area contributed by atoms with Crippen LogP contribution in [-0.2, 0) is 14.6 Å². The van der Waals surface area contributed by atoms with Crippen LogP contribution in [0.2, 0.25) is 10.0 Å². The Kier molecular flexibility index (Phi) is 5.04. The fraction of sp³-hybridized carbons (Fsp3) is 0.294. The predicted octanol–water partition coefficient (Wildman–Crippen LogP) is 4.11. The molecule has 132 valence electrons. The van der Waals surface area contributed by atoms with Crippen LogP contribution in [0.3, 0.4) is 0 Å². The molecule has 1 aromatic carbocycles. The lowest BCUT2D eigenvalue weighted by Crippen LogP contribution is -2.47. The number of anilines is 1. The Morgan fingerprint density at radius 2 is 1.60 bits per heavy atom. The van der Waals surface area contributed by atoms with Crippen molar-refractivity contribution in [3.05, 3.63) is 52.6 Å². The molecule has 2 aromatic rings. The Morgan fingerprint density at radius 3 is 2.16 bits per heavy atom. The van der Waals surface area contributed by atoms with E-state index >= 15 is 0 Å². The van der Waals surface area contributed by atoms with Gasteiger partial charge in [0, 0.05) is 11.2 Å². The molecule has 3 rings (SSSR count). The molecule has 1 saturated carbocycles. The lowest BCUT2D eigenvalue weighted by atomic mass is 10.1. The first-order valence-corrected chi connectivity index (χ1v) is 10.0. The van der Waals surface area contributed by atoms with Crippen molar-refractivity contribution in [1.82, 2.24) is 4.98 Å². The highest BCUT2D eigenvalue weighted by Gasteiger charge is 2.53. The van der Waals surface area contributed by atoms with Crippen LogP contribution in [0.25, 0.3) is 0 Å². The van der Waals surface area contributed by atoms with Crippen molar-refractivity contribution in [3.63, 3.8) is 0 Å². The van der Waals surface area contributed by atoms with Crippen molar-refractivity contribution < 1.29 is 13.2 Å². The molecule has 5 nitrogen and oxygen atoms in total. The van der Waals surface area contributed by atoms with Crippen molar-refractivity contribution in [2.45, 2.75) is 35.3 Å². The van der Waals surface area contributed by atoms with Gasteiger partial charge in [0.1, 0.15) is 5.82 Å². The van der Waals surface area contributed by atoms with E-state index < -0.39 is 20.5 Å². The number of halogens is 2. The Balaban J connectivity index is 1.96. The Morgan fingerprint density at radius 1 is 1.00 bits per heavy atom. The van der Waals surface area contributed by atoms with Gasteiger partial charge in [-0.15, -0.1) is 0 Å². The second kappa shape index (κ2) is 6.94. The van der Waals surface area contributed by atoms with Crippen LogP contribution in [0.15, 0.2) is 47.5 Å². The number of pyridine rings is 1. The van der Waals surface area contributed by atoms with E-state index in [0.717, 1.165) is 0 Å². The number of amides is 1. The molecule has 1 aromatic heterocycles. The topological polar surface area (TPSA) is 76.1 Å². The van der Waals surface area contributed by atoms with Gasteiger partial charge in [0.05, 0.1) is 9.92 Å². The second-order valence-electron chi connectivity index (χ2n) is 5.97. The largest absolute Gasteiger partial charge is 0.309 e. The van der Waals surface area contributed by atoms with Gasteiger partial charge in [0.15, 0.2) is 14.6 Å². The van der Waals surface area contributed by atoms with Gasteiger partial charge in [0.25, 0.3) is 0 Å². The van der Waals surface area contributed by atoms with E-state index in [4.69, 9.17) is 23.2 Å². The average Bonchev–Trinajstić information content (AvgIpc) is 3.09. The lowest BCUT2D eigenvalue weighted by Gasteiger charge is -2.27. The van der Waals surface area contributed by atoms with Gasteiger partial charge >= 0.3 is 0 Å². The van der Waals surface area contributed by atoms with Crippen LogP contribution in [0.4, 0.5) is 5.82 Å². The average molecular weight is 399 g/mol. The summed E-state index contributed by atoms with van der Waals surface area (Å²) in [4.78, 5) is 17.0. The van der Waals surface area contributed by atoms with Crippen LogP contribution >= 0.6 is 23.2 Å². The second-order valence-corrected chi connectivity index (χ2v) is 9.11.